The minimum atomic E-state index is -0.896. The van der Waals surface area contributed by atoms with E-state index < -0.39 is 17.9 Å². The van der Waals surface area contributed by atoms with E-state index in [0.29, 0.717) is 11.3 Å². The lowest BCUT2D eigenvalue weighted by atomic mass is 10.1. The van der Waals surface area contributed by atoms with Gasteiger partial charge in [-0.15, -0.1) is 0 Å². The van der Waals surface area contributed by atoms with Gasteiger partial charge in [-0.2, -0.15) is 0 Å². The summed E-state index contributed by atoms with van der Waals surface area (Å²) in [6.45, 7) is 3.77. The largest absolute Gasteiger partial charge is 0.387 e. The van der Waals surface area contributed by atoms with Crippen molar-refractivity contribution in [3.63, 3.8) is 0 Å². The van der Waals surface area contributed by atoms with Gasteiger partial charge in [-0.05, 0) is 60.2 Å². The number of rotatable bonds is 4. The number of aliphatic hydroxyl groups is 1. The van der Waals surface area contributed by atoms with Crippen molar-refractivity contribution in [1.29, 1.82) is 0 Å². The molecule has 27 heavy (non-hydrogen) atoms. The Morgan fingerprint density at radius 1 is 1.11 bits per heavy atom. The van der Waals surface area contributed by atoms with Crippen LogP contribution in [-0.4, -0.2) is 28.0 Å². The van der Waals surface area contributed by atoms with Crippen molar-refractivity contribution in [2.24, 2.45) is 7.05 Å². The summed E-state index contributed by atoms with van der Waals surface area (Å²) < 4.78 is 1.99. The van der Waals surface area contributed by atoms with Crippen LogP contribution in [0.5, 0.6) is 0 Å². The molecule has 0 radical (unpaired) electrons. The molecule has 1 heterocycles. The highest BCUT2D eigenvalue weighted by molar-refractivity contribution is 6.39. The van der Waals surface area contributed by atoms with Crippen molar-refractivity contribution in [3.05, 3.63) is 65.4 Å². The van der Waals surface area contributed by atoms with Gasteiger partial charge >= 0.3 is 11.8 Å². The summed E-state index contributed by atoms with van der Waals surface area (Å²) in [4.78, 5) is 24.2. The van der Waals surface area contributed by atoms with Gasteiger partial charge in [0.1, 0.15) is 0 Å². The van der Waals surface area contributed by atoms with Gasteiger partial charge in [0.25, 0.3) is 0 Å². The minimum absolute atomic E-state index is 0.0443. The lowest BCUT2D eigenvalue weighted by Gasteiger charge is -2.13. The molecule has 0 aliphatic carbocycles. The zero-order valence-corrected chi connectivity index (χ0v) is 15.6. The molecule has 6 nitrogen and oxygen atoms in total. The molecule has 2 amide bonds. The lowest BCUT2D eigenvalue weighted by molar-refractivity contribution is -0.136. The second-order valence-corrected chi connectivity index (χ2v) is 6.67. The summed E-state index contributed by atoms with van der Waals surface area (Å²) in [7, 11) is 1.95. The molecule has 3 aromatic rings. The second-order valence-electron chi connectivity index (χ2n) is 6.67. The highest BCUT2D eigenvalue weighted by Gasteiger charge is 2.17. The molecule has 3 rings (SSSR count). The summed E-state index contributed by atoms with van der Waals surface area (Å²) in [5, 5.41) is 16.4. The number of nitrogens with one attached hydrogen (secondary N) is 2. The third kappa shape index (κ3) is 4.01. The van der Waals surface area contributed by atoms with Crippen molar-refractivity contribution in [1.82, 2.24) is 9.88 Å². The molecule has 0 saturated heterocycles. The molecule has 1 unspecified atom stereocenters. The first-order chi connectivity index (χ1) is 12.9. The number of benzene rings is 2. The maximum atomic E-state index is 12.1. The summed E-state index contributed by atoms with van der Waals surface area (Å²) in [5.41, 5.74) is 4.28. The summed E-state index contributed by atoms with van der Waals surface area (Å²) in [6.07, 6.45) is 1.05. The Labute approximate surface area is 157 Å². The van der Waals surface area contributed by atoms with E-state index in [4.69, 9.17) is 0 Å². The zero-order valence-electron chi connectivity index (χ0n) is 15.6. The van der Waals surface area contributed by atoms with Crippen LogP contribution in [0.25, 0.3) is 10.9 Å². The minimum Gasteiger partial charge on any atom is -0.387 e. The van der Waals surface area contributed by atoms with Crippen molar-refractivity contribution >= 4 is 28.4 Å². The van der Waals surface area contributed by atoms with Gasteiger partial charge in [-0.25, -0.2) is 0 Å². The van der Waals surface area contributed by atoms with Crippen LogP contribution in [0.1, 0.15) is 22.8 Å². The van der Waals surface area contributed by atoms with Gasteiger partial charge in [-0.1, -0.05) is 18.2 Å². The van der Waals surface area contributed by atoms with E-state index in [1.807, 2.05) is 68.1 Å². The second kappa shape index (κ2) is 7.63. The first-order valence-electron chi connectivity index (χ1n) is 8.75. The van der Waals surface area contributed by atoms with Crippen LogP contribution >= 0.6 is 0 Å². The first-order valence-corrected chi connectivity index (χ1v) is 8.75. The molecular weight excluding hydrogens is 342 g/mol. The molecule has 2 aromatic carbocycles. The number of carbonyl (C=O) groups is 2. The SMILES string of the molecule is Cc1cccc(NC(=O)C(=O)NCC(O)c2ccc3c(ccn3C)c2)c1C. The van der Waals surface area contributed by atoms with E-state index in [-0.39, 0.29) is 6.54 Å². The van der Waals surface area contributed by atoms with Crippen LogP contribution in [-0.2, 0) is 16.6 Å². The zero-order chi connectivity index (χ0) is 19.6. The molecule has 0 spiro atoms. The highest BCUT2D eigenvalue weighted by atomic mass is 16.3. The number of aliphatic hydroxyl groups excluding tert-OH is 1. The topological polar surface area (TPSA) is 83.4 Å². The predicted octanol–water partition coefficient (Wildman–Crippen LogP) is 2.58. The molecule has 0 bridgehead atoms. The van der Waals surface area contributed by atoms with Crippen molar-refractivity contribution in [2.45, 2.75) is 20.0 Å². The van der Waals surface area contributed by atoms with Crippen LogP contribution in [0, 0.1) is 13.8 Å². The van der Waals surface area contributed by atoms with Gasteiger partial charge in [0.2, 0.25) is 0 Å². The van der Waals surface area contributed by atoms with Crippen LogP contribution in [0.2, 0.25) is 0 Å². The van der Waals surface area contributed by atoms with E-state index in [1.165, 1.54) is 0 Å². The average Bonchev–Trinajstić information content (AvgIpc) is 3.03. The van der Waals surface area contributed by atoms with Crippen LogP contribution in [0.15, 0.2) is 48.7 Å². The Bertz CT molecular complexity index is 1010. The molecule has 0 saturated carbocycles. The van der Waals surface area contributed by atoms with Crippen LogP contribution in [0.3, 0.4) is 0 Å². The fraction of sp³-hybridized carbons (Fsp3) is 0.238. The molecule has 0 aliphatic heterocycles. The fourth-order valence-electron chi connectivity index (χ4n) is 2.96. The molecule has 6 heteroatoms. The van der Waals surface area contributed by atoms with Gasteiger partial charge in [-0.3, -0.25) is 9.59 Å². The summed E-state index contributed by atoms with van der Waals surface area (Å²) in [5.74, 6) is -1.54. The number of hydrogen-bond donors (Lipinski definition) is 3. The van der Waals surface area contributed by atoms with Gasteiger partial charge in [0.05, 0.1) is 6.10 Å². The van der Waals surface area contributed by atoms with Crippen LogP contribution < -0.4 is 10.6 Å². The van der Waals surface area contributed by atoms with Crippen molar-refractivity contribution in [3.8, 4) is 0 Å². The molecule has 3 N–H and O–H groups in total. The molecule has 0 fully saturated rings. The monoisotopic (exact) mass is 365 g/mol. The van der Waals surface area contributed by atoms with E-state index in [0.717, 1.165) is 22.0 Å². The normalized spacial score (nSPS) is 12.0. The van der Waals surface area contributed by atoms with E-state index in [1.54, 1.807) is 6.07 Å². The number of amides is 2. The van der Waals surface area contributed by atoms with Gasteiger partial charge in [0.15, 0.2) is 0 Å². The molecule has 1 atom stereocenters. The Morgan fingerprint density at radius 3 is 2.67 bits per heavy atom. The number of hydrogen-bond acceptors (Lipinski definition) is 3. The Hall–Kier alpha value is -3.12. The number of aromatic nitrogens is 1. The molecule has 1 aromatic heterocycles. The standard InChI is InChI=1S/C21H23N3O3/c1-13-5-4-6-17(14(13)2)23-21(27)20(26)22-12-19(25)16-7-8-18-15(11-16)9-10-24(18)3/h4-11,19,25H,12H2,1-3H3,(H,22,26)(H,23,27). The Kier molecular flexibility index (Phi) is 5.28. The number of carbonyl (C=O) groups excluding carboxylic acids is 2. The third-order valence-electron chi connectivity index (χ3n) is 4.81. The first kappa shape index (κ1) is 18.7. The molecule has 0 aliphatic rings. The third-order valence-corrected chi connectivity index (χ3v) is 4.81. The number of nitrogens with zero attached hydrogens (tertiary/aromatic N) is 1. The predicted molar refractivity (Wildman–Crippen MR) is 105 cm³/mol. The van der Waals surface area contributed by atoms with Crippen molar-refractivity contribution < 1.29 is 14.7 Å². The summed E-state index contributed by atoms with van der Waals surface area (Å²) >= 11 is 0. The number of anilines is 1. The maximum Gasteiger partial charge on any atom is 0.313 e. The van der Waals surface area contributed by atoms with E-state index in [2.05, 4.69) is 10.6 Å². The van der Waals surface area contributed by atoms with Gasteiger partial charge in [0, 0.05) is 31.0 Å². The lowest BCUT2D eigenvalue weighted by Crippen LogP contribution is -2.37. The molecular formula is C21H23N3O3. The van der Waals surface area contributed by atoms with Crippen LogP contribution in [0.4, 0.5) is 5.69 Å². The maximum absolute atomic E-state index is 12.1. The number of aryl methyl sites for hydroxylation is 2. The summed E-state index contributed by atoms with van der Waals surface area (Å²) in [6, 6.07) is 13.1. The van der Waals surface area contributed by atoms with Crippen molar-refractivity contribution in [2.75, 3.05) is 11.9 Å². The van der Waals surface area contributed by atoms with E-state index >= 15 is 0 Å². The average molecular weight is 365 g/mol. The smallest absolute Gasteiger partial charge is 0.313 e. The molecule has 140 valence electrons. The fourth-order valence-corrected chi connectivity index (χ4v) is 2.96. The quantitative estimate of drug-likeness (QED) is 0.622. The van der Waals surface area contributed by atoms with Gasteiger partial charge < -0.3 is 20.3 Å². The Balaban J connectivity index is 1.60. The number of fused-ring (bicyclic) bond motifs is 1. The Morgan fingerprint density at radius 2 is 1.89 bits per heavy atom. The highest BCUT2D eigenvalue weighted by Crippen LogP contribution is 2.21. The van der Waals surface area contributed by atoms with E-state index in [9.17, 15) is 14.7 Å².